The molecule has 0 aliphatic rings. The van der Waals surface area contributed by atoms with Crippen LogP contribution in [0.2, 0.25) is 5.02 Å². The van der Waals surface area contributed by atoms with Crippen molar-refractivity contribution in [1.82, 2.24) is 0 Å². The van der Waals surface area contributed by atoms with Crippen LogP contribution in [-0.2, 0) is 4.74 Å². The molecule has 0 spiro atoms. The van der Waals surface area contributed by atoms with Crippen LogP contribution < -0.4 is 4.74 Å². The van der Waals surface area contributed by atoms with Crippen molar-refractivity contribution >= 4 is 11.6 Å². The summed E-state index contributed by atoms with van der Waals surface area (Å²) < 4.78 is 10.7. The van der Waals surface area contributed by atoms with Crippen LogP contribution in [0.1, 0.15) is 12.5 Å². The molecule has 0 unspecified atom stereocenters. The van der Waals surface area contributed by atoms with Gasteiger partial charge in [-0.2, -0.15) is 0 Å². The first-order valence-electron chi connectivity index (χ1n) is 6.34. The maximum absolute atomic E-state index is 6.03. The summed E-state index contributed by atoms with van der Waals surface area (Å²) in [6, 6.07) is 13.9. The van der Waals surface area contributed by atoms with Gasteiger partial charge in [0.15, 0.2) is 0 Å². The molecule has 0 radical (unpaired) electrons. The highest BCUT2D eigenvalue weighted by atomic mass is 35.5. The molecule has 104 valence electrons. The molecule has 0 atom stereocenters. The third kappa shape index (κ3) is 3.55. The molecule has 2 nitrogen and oxygen atoms in total. The minimum atomic E-state index is 0.707. The number of benzene rings is 2. The number of allylic oxidation sites excluding steroid dienone is 1. The highest BCUT2D eigenvalue weighted by Gasteiger charge is 2.05. The zero-order chi connectivity index (χ0) is 14.5. The molecule has 2 aromatic carbocycles. The Labute approximate surface area is 124 Å². The van der Waals surface area contributed by atoms with Crippen molar-refractivity contribution in [2.45, 2.75) is 13.8 Å². The van der Waals surface area contributed by atoms with E-state index in [0.29, 0.717) is 5.76 Å². The first-order valence-corrected chi connectivity index (χ1v) is 6.72. The fourth-order valence-corrected chi connectivity index (χ4v) is 2.11. The monoisotopic (exact) mass is 288 g/mol. The predicted molar refractivity (Wildman–Crippen MR) is 83.0 cm³/mol. The molecule has 0 N–H and O–H groups in total. The van der Waals surface area contributed by atoms with E-state index >= 15 is 0 Å². The van der Waals surface area contributed by atoms with Gasteiger partial charge in [0.2, 0.25) is 0 Å². The Morgan fingerprint density at radius 2 is 1.85 bits per heavy atom. The van der Waals surface area contributed by atoms with Crippen LogP contribution in [0.25, 0.3) is 11.1 Å². The Morgan fingerprint density at radius 3 is 2.55 bits per heavy atom. The molecule has 2 rings (SSSR count). The van der Waals surface area contributed by atoms with Crippen molar-refractivity contribution in [1.29, 1.82) is 0 Å². The maximum Gasteiger partial charge on any atom is 0.135 e. The normalized spacial score (nSPS) is 11.3. The van der Waals surface area contributed by atoms with Gasteiger partial charge in [0.05, 0.1) is 7.11 Å². The lowest BCUT2D eigenvalue weighted by Gasteiger charge is -2.11. The molecule has 0 heterocycles. The van der Waals surface area contributed by atoms with E-state index in [1.54, 1.807) is 13.4 Å². The topological polar surface area (TPSA) is 18.5 Å². The number of rotatable bonds is 4. The molecule has 2 aromatic rings. The molecule has 0 aliphatic heterocycles. The van der Waals surface area contributed by atoms with Crippen molar-refractivity contribution in [3.8, 4) is 16.9 Å². The quantitative estimate of drug-likeness (QED) is 0.720. The zero-order valence-electron chi connectivity index (χ0n) is 11.8. The van der Waals surface area contributed by atoms with Gasteiger partial charge in [-0.1, -0.05) is 35.9 Å². The summed E-state index contributed by atoms with van der Waals surface area (Å²) >= 11 is 6.03. The van der Waals surface area contributed by atoms with Crippen LogP contribution in [0, 0.1) is 6.92 Å². The summed E-state index contributed by atoms with van der Waals surface area (Å²) in [5.41, 5.74) is 3.20. The van der Waals surface area contributed by atoms with Crippen molar-refractivity contribution in [3.05, 3.63) is 65.1 Å². The summed E-state index contributed by atoms with van der Waals surface area (Å²) in [6.07, 6.45) is 1.57. The molecule has 0 bridgehead atoms. The van der Waals surface area contributed by atoms with Gasteiger partial charge in [-0.25, -0.2) is 0 Å². The third-order valence-electron chi connectivity index (χ3n) is 2.90. The smallest absolute Gasteiger partial charge is 0.135 e. The van der Waals surface area contributed by atoms with Crippen molar-refractivity contribution in [3.63, 3.8) is 0 Å². The molecule has 0 saturated heterocycles. The molecule has 0 aliphatic carbocycles. The molecule has 20 heavy (non-hydrogen) atoms. The minimum absolute atomic E-state index is 0.707. The lowest BCUT2D eigenvalue weighted by atomic mass is 10.0. The van der Waals surface area contributed by atoms with Gasteiger partial charge in [0.1, 0.15) is 17.8 Å². The average molecular weight is 289 g/mol. The summed E-state index contributed by atoms with van der Waals surface area (Å²) in [6.45, 7) is 3.87. The molecule has 0 fully saturated rings. The minimum Gasteiger partial charge on any atom is -0.501 e. The summed E-state index contributed by atoms with van der Waals surface area (Å²) in [5.74, 6) is 1.52. The first kappa shape index (κ1) is 14.5. The van der Waals surface area contributed by atoms with Gasteiger partial charge in [-0.15, -0.1) is 0 Å². The zero-order valence-corrected chi connectivity index (χ0v) is 12.6. The van der Waals surface area contributed by atoms with Crippen molar-refractivity contribution in [2.24, 2.45) is 0 Å². The Balaban J connectivity index is 2.36. The van der Waals surface area contributed by atoms with Crippen LogP contribution in [0.3, 0.4) is 0 Å². The van der Waals surface area contributed by atoms with Crippen molar-refractivity contribution < 1.29 is 9.47 Å². The lowest BCUT2D eigenvalue weighted by molar-refractivity contribution is 0.304. The second kappa shape index (κ2) is 6.49. The Morgan fingerprint density at radius 1 is 1.10 bits per heavy atom. The summed E-state index contributed by atoms with van der Waals surface area (Å²) in [7, 11) is 1.60. The number of hydrogen-bond acceptors (Lipinski definition) is 2. The van der Waals surface area contributed by atoms with E-state index in [9.17, 15) is 0 Å². The fourth-order valence-electron chi connectivity index (χ4n) is 1.92. The Bertz CT molecular complexity index is 633. The number of aryl methyl sites for hydroxylation is 1. The SMILES string of the molecule is CO/C=C(\C)Oc1cc(-c2cccc(Cl)c2)ccc1C. The fraction of sp³-hybridized carbons (Fsp3) is 0.176. The summed E-state index contributed by atoms with van der Waals surface area (Å²) in [5, 5.41) is 0.723. The van der Waals surface area contributed by atoms with E-state index in [-0.39, 0.29) is 0 Å². The predicted octanol–water partition coefficient (Wildman–Crippen LogP) is 5.20. The van der Waals surface area contributed by atoms with Crippen LogP contribution in [0.4, 0.5) is 0 Å². The third-order valence-corrected chi connectivity index (χ3v) is 3.14. The molecule has 3 heteroatoms. The van der Waals surface area contributed by atoms with Gasteiger partial charge in [0, 0.05) is 5.02 Å². The second-order valence-electron chi connectivity index (χ2n) is 4.56. The standard InChI is InChI=1S/C17H17ClO2/c1-12-7-8-15(14-5-4-6-16(18)9-14)10-17(12)20-13(2)11-19-3/h4-11H,1-3H3/b13-11+. The van der Waals surface area contributed by atoms with Crippen LogP contribution >= 0.6 is 11.6 Å². The summed E-state index contributed by atoms with van der Waals surface area (Å²) in [4.78, 5) is 0. The Kier molecular flexibility index (Phi) is 4.70. The van der Waals surface area contributed by atoms with Gasteiger partial charge >= 0.3 is 0 Å². The van der Waals surface area contributed by atoms with Gasteiger partial charge in [-0.3, -0.25) is 0 Å². The first-order chi connectivity index (χ1) is 9.60. The highest BCUT2D eigenvalue weighted by molar-refractivity contribution is 6.30. The van der Waals surface area contributed by atoms with Gasteiger partial charge in [-0.05, 0) is 48.7 Å². The van der Waals surface area contributed by atoms with E-state index < -0.39 is 0 Å². The van der Waals surface area contributed by atoms with Crippen LogP contribution in [0.5, 0.6) is 5.75 Å². The maximum atomic E-state index is 6.03. The highest BCUT2D eigenvalue weighted by Crippen LogP contribution is 2.29. The Hall–Kier alpha value is -1.93. The molecular formula is C17H17ClO2. The number of methoxy groups -OCH3 is 1. The number of hydrogen-bond donors (Lipinski definition) is 0. The van der Waals surface area contributed by atoms with E-state index in [1.807, 2.05) is 50.2 Å². The van der Waals surface area contributed by atoms with Crippen molar-refractivity contribution in [2.75, 3.05) is 7.11 Å². The van der Waals surface area contributed by atoms with Crippen LogP contribution in [-0.4, -0.2) is 7.11 Å². The lowest BCUT2D eigenvalue weighted by Crippen LogP contribution is -1.94. The molecular weight excluding hydrogens is 272 g/mol. The van der Waals surface area contributed by atoms with E-state index in [1.165, 1.54) is 0 Å². The molecule has 0 saturated carbocycles. The van der Waals surface area contributed by atoms with E-state index in [2.05, 4.69) is 6.07 Å². The number of halogens is 1. The largest absolute Gasteiger partial charge is 0.501 e. The average Bonchev–Trinajstić information content (AvgIpc) is 2.41. The van der Waals surface area contributed by atoms with Gasteiger partial charge in [0.25, 0.3) is 0 Å². The van der Waals surface area contributed by atoms with Crippen LogP contribution in [0.15, 0.2) is 54.5 Å². The van der Waals surface area contributed by atoms with E-state index in [4.69, 9.17) is 21.1 Å². The molecule has 0 amide bonds. The van der Waals surface area contributed by atoms with Gasteiger partial charge < -0.3 is 9.47 Å². The second-order valence-corrected chi connectivity index (χ2v) is 4.99. The number of ether oxygens (including phenoxy) is 2. The molecule has 0 aromatic heterocycles. The van der Waals surface area contributed by atoms with E-state index in [0.717, 1.165) is 27.5 Å².